The average molecular weight is 248 g/mol. The van der Waals surface area contributed by atoms with Crippen molar-refractivity contribution in [1.29, 1.82) is 0 Å². The van der Waals surface area contributed by atoms with Gasteiger partial charge in [-0.3, -0.25) is 0 Å². The predicted octanol–water partition coefficient (Wildman–Crippen LogP) is 2.30. The summed E-state index contributed by atoms with van der Waals surface area (Å²) in [6, 6.07) is 8.99. The van der Waals surface area contributed by atoms with Crippen LogP contribution in [0.1, 0.15) is 24.9 Å². The first-order valence-corrected chi connectivity index (χ1v) is 6.76. The first-order chi connectivity index (χ1) is 8.65. The van der Waals surface area contributed by atoms with Gasteiger partial charge in [0.1, 0.15) is 12.4 Å². The molecule has 1 N–H and O–H groups in total. The molecule has 0 radical (unpaired) electrons. The van der Waals surface area contributed by atoms with E-state index in [0.717, 1.165) is 31.4 Å². The molecule has 1 aromatic carbocycles. The van der Waals surface area contributed by atoms with Crippen LogP contribution in [0.25, 0.3) is 0 Å². The number of hydrogen-bond acceptors (Lipinski definition) is 3. The van der Waals surface area contributed by atoms with Crippen LogP contribution in [0.15, 0.2) is 24.3 Å². The molecule has 2 atom stereocenters. The normalized spacial score (nSPS) is 23.6. The van der Waals surface area contributed by atoms with Crippen LogP contribution < -0.4 is 10.1 Å². The van der Waals surface area contributed by atoms with Crippen LogP contribution in [0.5, 0.6) is 5.75 Å². The lowest BCUT2D eigenvalue weighted by Crippen LogP contribution is -2.19. The van der Waals surface area contributed by atoms with Gasteiger partial charge < -0.3 is 15.0 Å². The van der Waals surface area contributed by atoms with Crippen LogP contribution in [0.3, 0.4) is 0 Å². The summed E-state index contributed by atoms with van der Waals surface area (Å²) in [7, 11) is 4.12. The highest BCUT2D eigenvalue weighted by atomic mass is 16.5. The summed E-state index contributed by atoms with van der Waals surface area (Å²) in [5.74, 6) is 1.75. The van der Waals surface area contributed by atoms with Crippen molar-refractivity contribution in [3.05, 3.63) is 29.8 Å². The van der Waals surface area contributed by atoms with E-state index < -0.39 is 0 Å². The van der Waals surface area contributed by atoms with E-state index in [0.29, 0.717) is 6.04 Å². The summed E-state index contributed by atoms with van der Waals surface area (Å²) in [4.78, 5) is 2.13. The van der Waals surface area contributed by atoms with Gasteiger partial charge in [-0.2, -0.15) is 0 Å². The Kier molecular flexibility index (Phi) is 4.61. The van der Waals surface area contributed by atoms with Gasteiger partial charge in [0.05, 0.1) is 0 Å². The summed E-state index contributed by atoms with van der Waals surface area (Å²) in [6.45, 7) is 5.11. The SMILES string of the molecule is C[C@H]1CN[C@@H](c2cccc(OCCN(C)C)c2)C1. The van der Waals surface area contributed by atoms with Crippen molar-refractivity contribution < 1.29 is 4.74 Å². The standard InChI is InChI=1S/C15H24N2O/c1-12-9-15(16-11-12)13-5-4-6-14(10-13)18-8-7-17(2)3/h4-6,10,12,15-16H,7-9,11H2,1-3H3/t12-,15-/m1/s1. The maximum absolute atomic E-state index is 5.77. The summed E-state index contributed by atoms with van der Waals surface area (Å²) in [5, 5.41) is 3.56. The molecule has 1 heterocycles. The lowest BCUT2D eigenvalue weighted by Gasteiger charge is -2.14. The first kappa shape index (κ1) is 13.4. The summed E-state index contributed by atoms with van der Waals surface area (Å²) < 4.78 is 5.77. The molecule has 0 bridgehead atoms. The van der Waals surface area contributed by atoms with E-state index in [-0.39, 0.29) is 0 Å². The molecule has 3 nitrogen and oxygen atoms in total. The molecule has 0 spiro atoms. The molecule has 100 valence electrons. The van der Waals surface area contributed by atoms with Crippen molar-refractivity contribution in [1.82, 2.24) is 10.2 Å². The molecule has 1 aliphatic rings. The lowest BCUT2D eigenvalue weighted by atomic mass is 10.0. The maximum atomic E-state index is 5.77. The van der Waals surface area contributed by atoms with Gasteiger partial charge >= 0.3 is 0 Å². The minimum atomic E-state index is 0.498. The molecule has 1 aliphatic heterocycles. The monoisotopic (exact) mass is 248 g/mol. The Labute approximate surface area is 110 Å². The van der Waals surface area contributed by atoms with Gasteiger partial charge in [-0.25, -0.2) is 0 Å². The fourth-order valence-electron chi connectivity index (χ4n) is 2.33. The molecule has 1 aromatic rings. The Morgan fingerprint density at radius 1 is 1.39 bits per heavy atom. The summed E-state index contributed by atoms with van der Waals surface area (Å²) in [6.07, 6.45) is 1.22. The van der Waals surface area contributed by atoms with Crippen molar-refractivity contribution in [3.8, 4) is 5.75 Å². The highest BCUT2D eigenvalue weighted by Gasteiger charge is 2.21. The number of benzene rings is 1. The second-order valence-corrected chi connectivity index (χ2v) is 5.53. The fourth-order valence-corrected chi connectivity index (χ4v) is 2.33. The topological polar surface area (TPSA) is 24.5 Å². The van der Waals surface area contributed by atoms with Crippen LogP contribution in [0.2, 0.25) is 0 Å². The van der Waals surface area contributed by atoms with Crippen molar-refractivity contribution in [2.24, 2.45) is 5.92 Å². The largest absolute Gasteiger partial charge is 0.492 e. The van der Waals surface area contributed by atoms with Crippen molar-refractivity contribution in [3.63, 3.8) is 0 Å². The van der Waals surface area contributed by atoms with Gasteiger partial charge in [0.2, 0.25) is 0 Å². The zero-order valence-electron chi connectivity index (χ0n) is 11.6. The maximum Gasteiger partial charge on any atom is 0.119 e. The van der Waals surface area contributed by atoms with Gasteiger partial charge in [0.25, 0.3) is 0 Å². The molecule has 18 heavy (non-hydrogen) atoms. The van der Waals surface area contributed by atoms with Gasteiger partial charge in [0.15, 0.2) is 0 Å². The average Bonchev–Trinajstić information content (AvgIpc) is 2.76. The van der Waals surface area contributed by atoms with Crippen LogP contribution in [-0.2, 0) is 0 Å². The lowest BCUT2D eigenvalue weighted by molar-refractivity contribution is 0.261. The molecule has 2 rings (SSSR count). The van der Waals surface area contributed by atoms with Gasteiger partial charge in [-0.1, -0.05) is 19.1 Å². The Hall–Kier alpha value is -1.06. The van der Waals surface area contributed by atoms with E-state index >= 15 is 0 Å². The number of ether oxygens (including phenoxy) is 1. The second kappa shape index (κ2) is 6.21. The second-order valence-electron chi connectivity index (χ2n) is 5.53. The third kappa shape index (κ3) is 3.72. The van der Waals surface area contributed by atoms with Gasteiger partial charge in [0, 0.05) is 12.6 Å². The van der Waals surface area contributed by atoms with E-state index in [4.69, 9.17) is 4.74 Å². The Morgan fingerprint density at radius 3 is 2.89 bits per heavy atom. The van der Waals surface area contributed by atoms with E-state index in [1.165, 1.54) is 12.0 Å². The zero-order valence-corrected chi connectivity index (χ0v) is 11.6. The first-order valence-electron chi connectivity index (χ1n) is 6.76. The van der Waals surface area contributed by atoms with Crippen molar-refractivity contribution in [2.75, 3.05) is 33.8 Å². The van der Waals surface area contributed by atoms with E-state index in [1.54, 1.807) is 0 Å². The number of hydrogen-bond donors (Lipinski definition) is 1. The highest BCUT2D eigenvalue weighted by molar-refractivity contribution is 5.31. The summed E-state index contributed by atoms with van der Waals surface area (Å²) in [5.41, 5.74) is 1.35. The highest BCUT2D eigenvalue weighted by Crippen LogP contribution is 2.28. The quantitative estimate of drug-likeness (QED) is 0.865. The molecule has 1 fully saturated rings. The molecular weight excluding hydrogens is 224 g/mol. The molecular formula is C15H24N2O. The van der Waals surface area contributed by atoms with E-state index in [1.807, 2.05) is 6.07 Å². The smallest absolute Gasteiger partial charge is 0.119 e. The predicted molar refractivity (Wildman–Crippen MR) is 75.0 cm³/mol. The molecule has 0 amide bonds. The van der Waals surface area contributed by atoms with Crippen LogP contribution in [0, 0.1) is 5.92 Å². The minimum absolute atomic E-state index is 0.498. The zero-order chi connectivity index (χ0) is 13.0. The Morgan fingerprint density at radius 2 is 2.22 bits per heavy atom. The fraction of sp³-hybridized carbons (Fsp3) is 0.600. The third-order valence-corrected chi connectivity index (χ3v) is 3.42. The Bertz CT molecular complexity index is 379. The minimum Gasteiger partial charge on any atom is -0.492 e. The van der Waals surface area contributed by atoms with Gasteiger partial charge in [-0.05, 0) is 50.7 Å². The third-order valence-electron chi connectivity index (χ3n) is 3.42. The van der Waals surface area contributed by atoms with Crippen LogP contribution in [-0.4, -0.2) is 38.7 Å². The Balaban J connectivity index is 1.92. The number of nitrogens with one attached hydrogen (secondary N) is 1. The van der Waals surface area contributed by atoms with Gasteiger partial charge in [-0.15, -0.1) is 0 Å². The van der Waals surface area contributed by atoms with Crippen LogP contribution in [0.4, 0.5) is 0 Å². The molecule has 1 saturated heterocycles. The van der Waals surface area contributed by atoms with Crippen molar-refractivity contribution >= 4 is 0 Å². The summed E-state index contributed by atoms with van der Waals surface area (Å²) >= 11 is 0. The molecule has 0 saturated carbocycles. The number of rotatable bonds is 5. The van der Waals surface area contributed by atoms with E-state index in [9.17, 15) is 0 Å². The number of nitrogens with zero attached hydrogens (tertiary/aromatic N) is 1. The molecule has 0 aliphatic carbocycles. The molecule has 3 heteroatoms. The van der Waals surface area contributed by atoms with Crippen molar-refractivity contribution in [2.45, 2.75) is 19.4 Å². The van der Waals surface area contributed by atoms with Crippen LogP contribution >= 0.6 is 0 Å². The van der Waals surface area contributed by atoms with E-state index in [2.05, 4.69) is 49.4 Å². The molecule has 0 aromatic heterocycles. The molecule has 0 unspecified atom stereocenters. The number of likely N-dealkylation sites (N-methyl/N-ethyl adjacent to an activating group) is 1.